The van der Waals surface area contributed by atoms with Crippen molar-refractivity contribution in [3.8, 4) is 0 Å². The van der Waals surface area contributed by atoms with Gasteiger partial charge < -0.3 is 20.3 Å². The van der Waals surface area contributed by atoms with Gasteiger partial charge in [0.1, 0.15) is 19.6 Å². The Morgan fingerprint density at radius 3 is 2.42 bits per heavy atom. The summed E-state index contributed by atoms with van der Waals surface area (Å²) in [6, 6.07) is 9.49. The number of morpholine rings is 1. The molecular formula is C19H30N3OS+. The zero-order valence-corrected chi connectivity index (χ0v) is 15.3. The molecule has 2 fully saturated rings. The van der Waals surface area contributed by atoms with Gasteiger partial charge in [0.15, 0.2) is 5.11 Å². The van der Waals surface area contributed by atoms with E-state index >= 15 is 0 Å². The standard InChI is InChI=1S/C19H29N3OS/c24-19(21-18-4-2-1-3-5-18)20-14-16-6-8-17(9-7-16)15-22-10-12-23-13-11-22/h6-9,18H,1-5,10-15H2,(H2,20,21,24)/p+1. The number of ether oxygens (including phenoxy) is 1. The Bertz CT molecular complexity index is 508. The molecule has 0 atom stereocenters. The normalized spacial score (nSPS) is 19.8. The van der Waals surface area contributed by atoms with Crippen molar-refractivity contribution >= 4 is 17.3 Å². The van der Waals surface area contributed by atoms with E-state index in [2.05, 4.69) is 34.9 Å². The molecule has 0 bridgehead atoms. The SMILES string of the molecule is S=C(NCc1ccc(C[NH+]2CCOCC2)cc1)NC1CCCCC1. The first-order valence-electron chi connectivity index (χ1n) is 9.33. The van der Waals surface area contributed by atoms with Crippen LogP contribution in [0.15, 0.2) is 24.3 Å². The monoisotopic (exact) mass is 348 g/mol. The van der Waals surface area contributed by atoms with Crippen molar-refractivity contribution in [1.82, 2.24) is 10.6 Å². The van der Waals surface area contributed by atoms with Crippen molar-refractivity contribution in [1.29, 1.82) is 0 Å². The number of thiocarbonyl (C=S) groups is 1. The van der Waals surface area contributed by atoms with Crippen LogP contribution in [0.2, 0.25) is 0 Å². The van der Waals surface area contributed by atoms with Gasteiger partial charge in [-0.25, -0.2) is 0 Å². The fraction of sp³-hybridized carbons (Fsp3) is 0.632. The Balaban J connectivity index is 1.39. The van der Waals surface area contributed by atoms with Crippen LogP contribution in [-0.2, 0) is 17.8 Å². The predicted octanol–water partition coefficient (Wildman–Crippen LogP) is 1.40. The van der Waals surface area contributed by atoms with E-state index in [1.807, 2.05) is 0 Å². The van der Waals surface area contributed by atoms with Gasteiger partial charge in [-0.3, -0.25) is 0 Å². The molecule has 24 heavy (non-hydrogen) atoms. The molecule has 3 N–H and O–H groups in total. The maximum absolute atomic E-state index is 5.43. The van der Waals surface area contributed by atoms with Crippen molar-refractivity contribution in [3.63, 3.8) is 0 Å². The Labute approximate surface area is 150 Å². The molecule has 132 valence electrons. The molecule has 1 aliphatic carbocycles. The molecule has 0 aromatic heterocycles. The molecule has 0 radical (unpaired) electrons. The maximum Gasteiger partial charge on any atom is 0.166 e. The first-order chi connectivity index (χ1) is 11.8. The van der Waals surface area contributed by atoms with Gasteiger partial charge in [0.2, 0.25) is 0 Å². The molecule has 2 aliphatic rings. The van der Waals surface area contributed by atoms with Gasteiger partial charge >= 0.3 is 0 Å². The largest absolute Gasteiger partial charge is 0.370 e. The highest BCUT2D eigenvalue weighted by Gasteiger charge is 2.15. The number of nitrogens with one attached hydrogen (secondary N) is 3. The quantitative estimate of drug-likeness (QED) is 0.703. The first-order valence-corrected chi connectivity index (χ1v) is 9.74. The molecule has 1 saturated carbocycles. The molecular weight excluding hydrogens is 318 g/mol. The number of rotatable bonds is 5. The van der Waals surface area contributed by atoms with Gasteiger partial charge in [0.05, 0.1) is 13.2 Å². The van der Waals surface area contributed by atoms with Crippen LogP contribution in [-0.4, -0.2) is 37.5 Å². The van der Waals surface area contributed by atoms with Crippen LogP contribution in [0.5, 0.6) is 0 Å². The van der Waals surface area contributed by atoms with Crippen LogP contribution in [0, 0.1) is 0 Å². The molecule has 0 amide bonds. The molecule has 1 aromatic rings. The van der Waals surface area contributed by atoms with Gasteiger partial charge in [-0.05, 0) is 30.6 Å². The van der Waals surface area contributed by atoms with Crippen LogP contribution in [0.4, 0.5) is 0 Å². The molecule has 1 aliphatic heterocycles. The van der Waals surface area contributed by atoms with Crippen molar-refractivity contribution < 1.29 is 9.64 Å². The van der Waals surface area contributed by atoms with Gasteiger partial charge in [0.25, 0.3) is 0 Å². The lowest BCUT2D eigenvalue weighted by atomic mass is 9.96. The van der Waals surface area contributed by atoms with Crippen LogP contribution < -0.4 is 15.5 Å². The van der Waals surface area contributed by atoms with E-state index in [0.29, 0.717) is 6.04 Å². The van der Waals surface area contributed by atoms with Gasteiger partial charge in [-0.2, -0.15) is 0 Å². The lowest BCUT2D eigenvalue weighted by Crippen LogP contribution is -3.12. The zero-order chi connectivity index (χ0) is 16.6. The average molecular weight is 349 g/mol. The molecule has 5 heteroatoms. The molecule has 0 spiro atoms. The second-order valence-corrected chi connectivity index (χ2v) is 7.43. The summed E-state index contributed by atoms with van der Waals surface area (Å²) in [6.07, 6.45) is 6.53. The Hall–Kier alpha value is -1.17. The molecule has 1 aromatic carbocycles. The number of hydrogen-bond donors (Lipinski definition) is 3. The summed E-state index contributed by atoms with van der Waals surface area (Å²) in [5, 5.41) is 7.60. The minimum Gasteiger partial charge on any atom is -0.370 e. The summed E-state index contributed by atoms with van der Waals surface area (Å²) >= 11 is 5.43. The van der Waals surface area contributed by atoms with Crippen molar-refractivity contribution in [2.45, 2.75) is 51.2 Å². The zero-order valence-electron chi connectivity index (χ0n) is 14.5. The van der Waals surface area contributed by atoms with E-state index in [0.717, 1.165) is 44.5 Å². The summed E-state index contributed by atoms with van der Waals surface area (Å²) in [5.41, 5.74) is 2.68. The van der Waals surface area contributed by atoms with E-state index in [9.17, 15) is 0 Å². The number of quaternary nitrogens is 1. The summed E-state index contributed by atoms with van der Waals surface area (Å²) in [4.78, 5) is 1.62. The van der Waals surface area contributed by atoms with Crippen molar-refractivity contribution in [2.75, 3.05) is 26.3 Å². The lowest BCUT2D eigenvalue weighted by molar-refractivity contribution is -0.921. The third kappa shape index (κ3) is 5.72. The second-order valence-electron chi connectivity index (χ2n) is 7.02. The highest BCUT2D eigenvalue weighted by Crippen LogP contribution is 2.17. The minimum atomic E-state index is 0.567. The van der Waals surface area contributed by atoms with E-state index in [4.69, 9.17) is 17.0 Å². The minimum absolute atomic E-state index is 0.567. The fourth-order valence-corrected chi connectivity index (χ4v) is 3.81. The number of hydrogen-bond acceptors (Lipinski definition) is 2. The van der Waals surface area contributed by atoms with E-state index < -0.39 is 0 Å². The number of benzene rings is 1. The molecule has 1 heterocycles. The van der Waals surface area contributed by atoms with Gasteiger partial charge in [-0.15, -0.1) is 0 Å². The van der Waals surface area contributed by atoms with Crippen LogP contribution >= 0.6 is 12.2 Å². The Morgan fingerprint density at radius 1 is 1.04 bits per heavy atom. The summed E-state index contributed by atoms with van der Waals surface area (Å²) < 4.78 is 5.42. The Morgan fingerprint density at radius 2 is 1.71 bits per heavy atom. The lowest BCUT2D eigenvalue weighted by Gasteiger charge is -2.24. The van der Waals surface area contributed by atoms with E-state index in [-0.39, 0.29) is 0 Å². The van der Waals surface area contributed by atoms with Crippen LogP contribution in [0.3, 0.4) is 0 Å². The van der Waals surface area contributed by atoms with Crippen molar-refractivity contribution in [2.24, 2.45) is 0 Å². The van der Waals surface area contributed by atoms with Crippen LogP contribution in [0.1, 0.15) is 43.2 Å². The van der Waals surface area contributed by atoms with E-state index in [1.54, 1.807) is 4.90 Å². The predicted molar refractivity (Wildman–Crippen MR) is 101 cm³/mol. The summed E-state index contributed by atoms with van der Waals surface area (Å²) in [7, 11) is 0. The molecule has 0 unspecified atom stereocenters. The average Bonchev–Trinajstić information content (AvgIpc) is 2.63. The van der Waals surface area contributed by atoms with Crippen LogP contribution in [0.25, 0.3) is 0 Å². The molecule has 3 rings (SSSR count). The third-order valence-corrected chi connectivity index (χ3v) is 5.33. The van der Waals surface area contributed by atoms with Gasteiger partial charge in [0, 0.05) is 18.2 Å². The molecule has 1 saturated heterocycles. The molecule has 4 nitrogen and oxygen atoms in total. The first kappa shape index (κ1) is 17.6. The summed E-state index contributed by atoms with van der Waals surface area (Å²) in [6.45, 7) is 5.91. The smallest absolute Gasteiger partial charge is 0.166 e. The highest BCUT2D eigenvalue weighted by atomic mass is 32.1. The van der Waals surface area contributed by atoms with Gasteiger partial charge in [-0.1, -0.05) is 43.5 Å². The second kappa shape index (κ2) is 9.35. The topological polar surface area (TPSA) is 37.7 Å². The Kier molecular flexibility index (Phi) is 6.87. The van der Waals surface area contributed by atoms with E-state index in [1.165, 1.54) is 43.2 Å². The summed E-state index contributed by atoms with van der Waals surface area (Å²) in [5.74, 6) is 0. The third-order valence-electron chi connectivity index (χ3n) is 5.07. The fourth-order valence-electron chi connectivity index (χ4n) is 3.57. The highest BCUT2D eigenvalue weighted by molar-refractivity contribution is 7.80. The van der Waals surface area contributed by atoms with Crippen molar-refractivity contribution in [3.05, 3.63) is 35.4 Å². The maximum atomic E-state index is 5.43.